The second-order valence-corrected chi connectivity index (χ2v) is 11.4. The van der Waals surface area contributed by atoms with Crippen LogP contribution < -0.4 is 10.6 Å². The second kappa shape index (κ2) is 15.5. The van der Waals surface area contributed by atoms with Crippen LogP contribution in [0.15, 0.2) is 18.2 Å². The van der Waals surface area contributed by atoms with Crippen molar-refractivity contribution in [3.63, 3.8) is 0 Å². The molecule has 0 saturated heterocycles. The molecule has 1 rings (SSSR count). The van der Waals surface area contributed by atoms with Crippen LogP contribution in [0, 0.1) is 19.8 Å². The lowest BCUT2D eigenvalue weighted by Crippen LogP contribution is -2.56. The minimum Gasteiger partial charge on any atom is -0.466 e. The molecule has 0 fully saturated rings. The number of benzene rings is 1. The zero-order valence-corrected chi connectivity index (χ0v) is 25.5. The van der Waals surface area contributed by atoms with E-state index < -0.39 is 35.7 Å². The van der Waals surface area contributed by atoms with Crippen molar-refractivity contribution in [1.29, 1.82) is 0 Å². The minimum absolute atomic E-state index is 0.0204. The van der Waals surface area contributed by atoms with Crippen molar-refractivity contribution in [1.82, 2.24) is 15.5 Å². The fourth-order valence-corrected chi connectivity index (χ4v) is 4.22. The van der Waals surface area contributed by atoms with Crippen molar-refractivity contribution in [2.24, 2.45) is 5.92 Å². The van der Waals surface area contributed by atoms with Gasteiger partial charge in [-0.2, -0.15) is 0 Å². The molecule has 1 aromatic carbocycles. The number of rotatable bonds is 13. The highest BCUT2D eigenvalue weighted by Gasteiger charge is 2.39. The maximum absolute atomic E-state index is 14.3. The predicted octanol–water partition coefficient (Wildman–Crippen LogP) is 4.98. The van der Waals surface area contributed by atoms with Crippen molar-refractivity contribution in [3.05, 3.63) is 34.9 Å². The van der Waals surface area contributed by atoms with Crippen molar-refractivity contribution < 1.29 is 28.7 Å². The van der Waals surface area contributed by atoms with Crippen molar-refractivity contribution in [2.45, 2.75) is 112 Å². The van der Waals surface area contributed by atoms with E-state index in [9.17, 15) is 19.2 Å². The third kappa shape index (κ3) is 10.9. The Kier molecular flexibility index (Phi) is 13.5. The molecule has 9 heteroatoms. The van der Waals surface area contributed by atoms with Gasteiger partial charge < -0.3 is 25.0 Å². The summed E-state index contributed by atoms with van der Waals surface area (Å²) in [5.41, 5.74) is 1.84. The number of ether oxygens (including phenoxy) is 2. The molecule has 39 heavy (non-hydrogen) atoms. The Balaban J connectivity index is 3.54. The lowest BCUT2D eigenvalue weighted by molar-refractivity contribution is -0.146. The van der Waals surface area contributed by atoms with Crippen LogP contribution in [0.25, 0.3) is 0 Å². The van der Waals surface area contributed by atoms with E-state index >= 15 is 0 Å². The van der Waals surface area contributed by atoms with E-state index in [1.165, 1.54) is 0 Å². The molecule has 220 valence electrons. The molecule has 1 aromatic rings. The number of nitrogens with zero attached hydrogens (tertiary/aromatic N) is 1. The van der Waals surface area contributed by atoms with Gasteiger partial charge in [0.25, 0.3) is 0 Å². The number of nitrogens with one attached hydrogen (secondary N) is 2. The van der Waals surface area contributed by atoms with Gasteiger partial charge in [-0.25, -0.2) is 4.79 Å². The van der Waals surface area contributed by atoms with Gasteiger partial charge in [0.15, 0.2) is 0 Å². The molecular weight excluding hydrogens is 498 g/mol. The van der Waals surface area contributed by atoms with Gasteiger partial charge in [0.1, 0.15) is 17.7 Å². The Hall–Kier alpha value is -3.10. The number of alkyl carbamates (subject to hydrolysis) is 1. The first-order chi connectivity index (χ1) is 18.1. The van der Waals surface area contributed by atoms with Crippen LogP contribution in [-0.4, -0.2) is 59.6 Å². The minimum atomic E-state index is -0.968. The third-order valence-electron chi connectivity index (χ3n) is 6.42. The molecule has 9 nitrogen and oxygen atoms in total. The fraction of sp³-hybridized carbons (Fsp3) is 0.667. The average molecular weight is 548 g/mol. The Labute approximate surface area is 234 Å². The van der Waals surface area contributed by atoms with Crippen molar-refractivity contribution in [3.8, 4) is 0 Å². The van der Waals surface area contributed by atoms with Gasteiger partial charge in [0, 0.05) is 12.6 Å². The van der Waals surface area contributed by atoms with E-state index in [1.807, 2.05) is 59.7 Å². The maximum atomic E-state index is 14.3. The zero-order chi connectivity index (χ0) is 29.9. The summed E-state index contributed by atoms with van der Waals surface area (Å²) in [6.07, 6.45) is 0.291. The fourth-order valence-electron chi connectivity index (χ4n) is 4.22. The van der Waals surface area contributed by atoms with Gasteiger partial charge in [0.2, 0.25) is 11.8 Å². The quantitative estimate of drug-likeness (QED) is 0.337. The Morgan fingerprint density at radius 2 is 1.67 bits per heavy atom. The molecule has 0 radical (unpaired) electrons. The molecule has 3 unspecified atom stereocenters. The molecule has 3 atom stereocenters. The molecular formula is C30H49N3O6. The first kappa shape index (κ1) is 33.9. The first-order valence-corrected chi connectivity index (χ1v) is 13.9. The molecule has 0 aliphatic heterocycles. The number of aryl methyl sites for hydroxylation is 1. The van der Waals surface area contributed by atoms with Gasteiger partial charge in [0.05, 0.1) is 13.0 Å². The van der Waals surface area contributed by atoms with Gasteiger partial charge in [-0.3, -0.25) is 14.4 Å². The molecule has 2 N–H and O–H groups in total. The number of esters is 1. The van der Waals surface area contributed by atoms with Crippen LogP contribution in [0.1, 0.15) is 97.4 Å². The molecule has 0 aliphatic rings. The lowest BCUT2D eigenvalue weighted by atomic mass is 9.93. The molecule has 0 heterocycles. The van der Waals surface area contributed by atoms with E-state index in [0.717, 1.165) is 11.1 Å². The summed E-state index contributed by atoms with van der Waals surface area (Å²) in [7, 11) is 0. The van der Waals surface area contributed by atoms with Crippen LogP contribution in [0.5, 0.6) is 0 Å². The summed E-state index contributed by atoms with van der Waals surface area (Å²) in [5.74, 6) is -1.09. The van der Waals surface area contributed by atoms with Crippen LogP contribution in [0.2, 0.25) is 0 Å². The number of hydrogen-bond acceptors (Lipinski definition) is 6. The van der Waals surface area contributed by atoms with Gasteiger partial charge in [-0.1, -0.05) is 39.0 Å². The number of amides is 3. The average Bonchev–Trinajstić information content (AvgIpc) is 2.82. The highest BCUT2D eigenvalue weighted by atomic mass is 16.6. The summed E-state index contributed by atoms with van der Waals surface area (Å²) in [6.45, 7) is 19.0. The first-order valence-electron chi connectivity index (χ1n) is 13.9. The van der Waals surface area contributed by atoms with Crippen LogP contribution in [0.4, 0.5) is 4.79 Å². The monoisotopic (exact) mass is 547 g/mol. The van der Waals surface area contributed by atoms with Crippen LogP contribution in [0.3, 0.4) is 0 Å². The van der Waals surface area contributed by atoms with Crippen LogP contribution in [-0.2, 0) is 23.9 Å². The van der Waals surface area contributed by atoms with Gasteiger partial charge >= 0.3 is 12.1 Å². The normalized spacial score (nSPS) is 13.7. The Bertz CT molecular complexity index is 985. The largest absolute Gasteiger partial charge is 0.466 e. The topological polar surface area (TPSA) is 114 Å². The van der Waals surface area contributed by atoms with Gasteiger partial charge in [-0.15, -0.1) is 0 Å². The summed E-state index contributed by atoms with van der Waals surface area (Å²) in [4.78, 5) is 54.2. The third-order valence-corrected chi connectivity index (χ3v) is 6.42. The van der Waals surface area contributed by atoms with E-state index in [1.54, 1.807) is 32.6 Å². The summed E-state index contributed by atoms with van der Waals surface area (Å²) in [5, 5.41) is 5.60. The second-order valence-electron chi connectivity index (χ2n) is 11.4. The zero-order valence-electron chi connectivity index (χ0n) is 25.5. The Morgan fingerprint density at radius 3 is 2.21 bits per heavy atom. The van der Waals surface area contributed by atoms with E-state index in [0.29, 0.717) is 18.4 Å². The van der Waals surface area contributed by atoms with E-state index in [-0.39, 0.29) is 37.4 Å². The smallest absolute Gasteiger partial charge is 0.408 e. The van der Waals surface area contributed by atoms with E-state index in [4.69, 9.17) is 9.47 Å². The maximum Gasteiger partial charge on any atom is 0.408 e. The highest BCUT2D eigenvalue weighted by Crippen LogP contribution is 2.30. The van der Waals surface area contributed by atoms with Crippen molar-refractivity contribution >= 4 is 23.9 Å². The standard InChI is InChI=1S/C30H49N3O6/c1-11-21(6)33(28(36)24(18-19(3)4)32-29(37)39-30(8,9)10)26(23-15-13-14-20(5)22(23)7)27(35)31-17-16-25(34)38-12-2/h13-15,19,21,24,26H,11-12,16-18H2,1-10H3,(H,31,35)(H,32,37). The molecule has 0 saturated carbocycles. The molecule has 0 bridgehead atoms. The SMILES string of the molecule is CCOC(=O)CCNC(=O)C(c1cccc(C)c1C)N(C(=O)C(CC(C)C)NC(=O)OC(C)(C)C)C(C)CC. The molecule has 3 amide bonds. The number of carbonyl (C=O) groups is 4. The Morgan fingerprint density at radius 1 is 1.03 bits per heavy atom. The molecule has 0 spiro atoms. The predicted molar refractivity (Wildman–Crippen MR) is 152 cm³/mol. The summed E-state index contributed by atoms with van der Waals surface area (Å²) < 4.78 is 10.4. The van der Waals surface area contributed by atoms with Gasteiger partial charge in [-0.05, 0) is 83.9 Å². The highest BCUT2D eigenvalue weighted by molar-refractivity contribution is 5.92. The number of hydrogen-bond donors (Lipinski definition) is 2. The number of carbonyl (C=O) groups excluding carboxylic acids is 4. The van der Waals surface area contributed by atoms with E-state index in [2.05, 4.69) is 10.6 Å². The van der Waals surface area contributed by atoms with Crippen molar-refractivity contribution in [2.75, 3.05) is 13.2 Å². The van der Waals surface area contributed by atoms with Crippen LogP contribution >= 0.6 is 0 Å². The molecule has 0 aliphatic carbocycles. The lowest BCUT2D eigenvalue weighted by Gasteiger charge is -2.39. The molecule has 0 aromatic heterocycles. The summed E-state index contributed by atoms with van der Waals surface area (Å²) in [6, 6.07) is 3.47. The summed E-state index contributed by atoms with van der Waals surface area (Å²) >= 11 is 0.